The first-order valence-corrected chi connectivity index (χ1v) is 9.49. The van der Waals surface area contributed by atoms with Crippen LogP contribution in [0.3, 0.4) is 0 Å². The highest BCUT2D eigenvalue weighted by Crippen LogP contribution is 2.44. The molecule has 0 spiro atoms. The van der Waals surface area contributed by atoms with Gasteiger partial charge in [-0.3, -0.25) is 4.90 Å². The molecule has 1 aromatic heterocycles. The van der Waals surface area contributed by atoms with Crippen LogP contribution in [0.15, 0.2) is 11.4 Å². The summed E-state index contributed by atoms with van der Waals surface area (Å²) in [5.74, 6) is 0. The molecule has 3 heterocycles. The maximum Gasteiger partial charge on any atom is 0.425 e. The molecule has 4 rings (SSSR count). The fourth-order valence-electron chi connectivity index (χ4n) is 4.49. The number of alkyl halides is 3. The Morgan fingerprint density at radius 1 is 1.13 bits per heavy atom. The Hall–Kier alpha value is -0.590. The highest BCUT2D eigenvalue weighted by atomic mass is 32.1. The third kappa shape index (κ3) is 3.17. The molecule has 128 valence electrons. The quantitative estimate of drug-likeness (QED) is 0.860. The van der Waals surface area contributed by atoms with E-state index in [1.54, 1.807) is 5.38 Å². The molecule has 3 atom stereocenters. The van der Waals surface area contributed by atoms with Crippen molar-refractivity contribution in [1.29, 1.82) is 0 Å². The van der Waals surface area contributed by atoms with Crippen LogP contribution in [0.2, 0.25) is 0 Å². The van der Waals surface area contributed by atoms with Gasteiger partial charge in [0, 0.05) is 30.2 Å². The van der Waals surface area contributed by atoms with Crippen LogP contribution in [0.25, 0.3) is 0 Å². The first kappa shape index (κ1) is 15.9. The highest BCUT2D eigenvalue weighted by Gasteiger charge is 2.47. The summed E-state index contributed by atoms with van der Waals surface area (Å²) in [6.07, 6.45) is 3.38. The van der Waals surface area contributed by atoms with Gasteiger partial charge in [-0.25, -0.2) is 0 Å². The molecule has 6 heteroatoms. The van der Waals surface area contributed by atoms with E-state index >= 15 is 0 Å². The maximum atomic E-state index is 12.7. The van der Waals surface area contributed by atoms with E-state index in [0.717, 1.165) is 35.8 Å². The zero-order valence-corrected chi connectivity index (χ0v) is 14.1. The minimum atomic E-state index is -4.22. The lowest BCUT2D eigenvalue weighted by Crippen LogP contribution is -2.50. The molecule has 2 saturated heterocycles. The van der Waals surface area contributed by atoms with E-state index < -0.39 is 11.1 Å². The summed E-state index contributed by atoms with van der Waals surface area (Å²) in [6.45, 7) is 1.98. The summed E-state index contributed by atoms with van der Waals surface area (Å²) < 4.78 is 38.2. The predicted octanol–water partition coefficient (Wildman–Crippen LogP) is 4.58. The number of nitrogens with zero attached hydrogens (tertiary/aromatic N) is 1. The van der Waals surface area contributed by atoms with E-state index in [1.807, 2.05) is 6.92 Å². The van der Waals surface area contributed by atoms with Gasteiger partial charge >= 0.3 is 6.18 Å². The van der Waals surface area contributed by atoms with Crippen molar-refractivity contribution in [2.24, 2.45) is 0 Å². The van der Waals surface area contributed by atoms with Crippen LogP contribution < -0.4 is 5.32 Å². The van der Waals surface area contributed by atoms with E-state index in [0.29, 0.717) is 18.1 Å². The van der Waals surface area contributed by atoms with Crippen LogP contribution in [0, 0.1) is 0 Å². The molecule has 2 aliphatic heterocycles. The Morgan fingerprint density at radius 3 is 2.26 bits per heavy atom. The monoisotopic (exact) mass is 344 g/mol. The third-order valence-corrected chi connectivity index (χ3v) is 6.64. The Labute approximate surface area is 139 Å². The van der Waals surface area contributed by atoms with Crippen LogP contribution in [-0.4, -0.2) is 29.1 Å². The minimum absolute atomic E-state index is 0.0146. The van der Waals surface area contributed by atoms with Gasteiger partial charge in [0.05, 0.1) is 0 Å². The first-order valence-electron chi connectivity index (χ1n) is 8.61. The normalized spacial score (nSPS) is 33.1. The molecule has 1 aliphatic carbocycles. The van der Waals surface area contributed by atoms with Gasteiger partial charge in [-0.15, -0.1) is 11.3 Å². The van der Waals surface area contributed by atoms with Gasteiger partial charge in [-0.05, 0) is 62.5 Å². The van der Waals surface area contributed by atoms with Crippen LogP contribution in [-0.2, 0) is 6.18 Å². The predicted molar refractivity (Wildman–Crippen MR) is 85.6 cm³/mol. The Bertz CT molecular complexity index is 552. The average Bonchev–Trinajstić information content (AvgIpc) is 3.10. The van der Waals surface area contributed by atoms with Gasteiger partial charge in [0.2, 0.25) is 0 Å². The third-order valence-electron chi connectivity index (χ3n) is 5.64. The van der Waals surface area contributed by atoms with Gasteiger partial charge in [-0.1, -0.05) is 0 Å². The van der Waals surface area contributed by atoms with Crippen molar-refractivity contribution in [2.75, 3.05) is 0 Å². The molecular weight excluding hydrogens is 321 g/mol. The second kappa shape index (κ2) is 5.74. The molecule has 1 saturated carbocycles. The average molecular weight is 344 g/mol. The summed E-state index contributed by atoms with van der Waals surface area (Å²) in [4.78, 5) is 2.25. The van der Waals surface area contributed by atoms with Crippen molar-refractivity contribution in [3.05, 3.63) is 21.9 Å². The number of halogens is 3. The lowest BCUT2D eigenvalue weighted by Gasteiger charge is -2.40. The summed E-state index contributed by atoms with van der Waals surface area (Å²) in [7, 11) is 0. The summed E-state index contributed by atoms with van der Waals surface area (Å²) in [5.41, 5.74) is 0.763. The van der Waals surface area contributed by atoms with E-state index in [2.05, 4.69) is 10.2 Å². The second-order valence-corrected chi connectivity index (χ2v) is 8.27. The number of rotatable bonds is 4. The number of hydrogen-bond donors (Lipinski definition) is 1. The van der Waals surface area contributed by atoms with Crippen molar-refractivity contribution < 1.29 is 13.2 Å². The van der Waals surface area contributed by atoms with Crippen molar-refractivity contribution in [3.8, 4) is 0 Å². The fourth-order valence-corrected chi connectivity index (χ4v) is 5.37. The van der Waals surface area contributed by atoms with Crippen LogP contribution in [0.1, 0.15) is 61.9 Å². The zero-order valence-electron chi connectivity index (χ0n) is 13.3. The molecular formula is C17H23F3N2S. The molecule has 3 aliphatic rings. The molecule has 0 radical (unpaired) electrons. The number of nitrogens with one attached hydrogen (secondary N) is 1. The standard InChI is InChI=1S/C17H23F3N2S/c1-10(11-6-16(23-9-11)17(18,19)20)21-12-7-14-4-5-15(8-12)22(14)13-2-3-13/h6,9-10,12-15,21H,2-5,7-8H2,1H3. The molecule has 0 aromatic carbocycles. The van der Waals surface area contributed by atoms with Crippen LogP contribution in [0.5, 0.6) is 0 Å². The smallest absolute Gasteiger partial charge is 0.307 e. The number of hydrogen-bond acceptors (Lipinski definition) is 3. The fraction of sp³-hybridized carbons (Fsp3) is 0.765. The number of piperidine rings is 1. The SMILES string of the molecule is CC(NC1CC2CCC(C1)N2C1CC1)c1csc(C(F)(F)F)c1. The van der Waals surface area contributed by atoms with Crippen molar-refractivity contribution >= 4 is 11.3 Å². The topological polar surface area (TPSA) is 15.3 Å². The lowest BCUT2D eigenvalue weighted by atomic mass is 9.95. The maximum absolute atomic E-state index is 12.7. The summed E-state index contributed by atoms with van der Waals surface area (Å²) in [5, 5.41) is 5.24. The lowest BCUT2D eigenvalue weighted by molar-refractivity contribution is -0.134. The van der Waals surface area contributed by atoms with E-state index in [4.69, 9.17) is 0 Å². The highest BCUT2D eigenvalue weighted by molar-refractivity contribution is 7.10. The van der Waals surface area contributed by atoms with E-state index in [1.165, 1.54) is 31.7 Å². The molecule has 2 nitrogen and oxygen atoms in total. The first-order chi connectivity index (χ1) is 10.9. The molecule has 23 heavy (non-hydrogen) atoms. The van der Waals surface area contributed by atoms with Crippen LogP contribution >= 0.6 is 11.3 Å². The second-order valence-electron chi connectivity index (χ2n) is 7.36. The van der Waals surface area contributed by atoms with E-state index in [9.17, 15) is 13.2 Å². The Kier molecular flexibility index (Phi) is 3.97. The van der Waals surface area contributed by atoms with Gasteiger partial charge < -0.3 is 5.32 Å². The Morgan fingerprint density at radius 2 is 1.74 bits per heavy atom. The molecule has 1 aromatic rings. The number of thiophene rings is 1. The van der Waals surface area contributed by atoms with Crippen molar-refractivity contribution in [1.82, 2.24) is 10.2 Å². The molecule has 1 N–H and O–H groups in total. The summed E-state index contributed by atoms with van der Waals surface area (Å²) >= 11 is 0.800. The number of fused-ring (bicyclic) bond motifs is 2. The molecule has 3 fully saturated rings. The Balaban J connectivity index is 1.38. The van der Waals surface area contributed by atoms with Crippen molar-refractivity contribution in [3.63, 3.8) is 0 Å². The molecule has 3 unspecified atom stereocenters. The molecule has 0 amide bonds. The zero-order chi connectivity index (χ0) is 16.2. The summed E-state index contributed by atoms with van der Waals surface area (Å²) in [6, 6.07) is 3.94. The minimum Gasteiger partial charge on any atom is -0.307 e. The van der Waals surface area contributed by atoms with Crippen LogP contribution in [0.4, 0.5) is 13.2 Å². The van der Waals surface area contributed by atoms with Gasteiger partial charge in [0.25, 0.3) is 0 Å². The largest absolute Gasteiger partial charge is 0.425 e. The van der Waals surface area contributed by atoms with Gasteiger partial charge in [0.15, 0.2) is 0 Å². The van der Waals surface area contributed by atoms with Gasteiger partial charge in [-0.2, -0.15) is 13.2 Å². The van der Waals surface area contributed by atoms with Gasteiger partial charge in [0.1, 0.15) is 4.88 Å². The van der Waals surface area contributed by atoms with E-state index in [-0.39, 0.29) is 6.04 Å². The molecule has 2 bridgehead atoms. The van der Waals surface area contributed by atoms with Crippen molar-refractivity contribution in [2.45, 2.75) is 81.8 Å².